The van der Waals surface area contributed by atoms with Crippen LogP contribution in [0.2, 0.25) is 0 Å². The van der Waals surface area contributed by atoms with Crippen molar-refractivity contribution >= 4 is 21.9 Å². The fourth-order valence-electron chi connectivity index (χ4n) is 3.34. The van der Waals surface area contributed by atoms with E-state index in [2.05, 4.69) is 54.9 Å². The van der Waals surface area contributed by atoms with E-state index in [0.717, 1.165) is 42.7 Å². The second-order valence-corrected chi connectivity index (χ2v) is 7.36. The van der Waals surface area contributed by atoms with E-state index in [1.807, 2.05) is 6.07 Å². The molecule has 26 heavy (non-hydrogen) atoms. The summed E-state index contributed by atoms with van der Waals surface area (Å²) in [6, 6.07) is 8.43. The Bertz CT molecular complexity index is 743. The SMILES string of the molecule is COc1ccnc(N(C)C2CCCN(Cc3ccc(OC)c(Br)c3)C2)n1. The molecule has 0 radical (unpaired) electrons. The lowest BCUT2D eigenvalue weighted by molar-refractivity contribution is 0.198. The van der Waals surface area contributed by atoms with Gasteiger partial charge in [-0.2, -0.15) is 4.98 Å². The summed E-state index contributed by atoms with van der Waals surface area (Å²) < 4.78 is 11.5. The minimum Gasteiger partial charge on any atom is -0.496 e. The lowest BCUT2D eigenvalue weighted by atomic mass is 10.0. The maximum Gasteiger partial charge on any atom is 0.228 e. The van der Waals surface area contributed by atoms with E-state index in [-0.39, 0.29) is 0 Å². The molecule has 0 bridgehead atoms. The summed E-state index contributed by atoms with van der Waals surface area (Å²) in [5.74, 6) is 2.17. The lowest BCUT2D eigenvalue weighted by Gasteiger charge is -2.37. The molecule has 6 nitrogen and oxygen atoms in total. The van der Waals surface area contributed by atoms with E-state index < -0.39 is 0 Å². The molecule has 0 N–H and O–H groups in total. The van der Waals surface area contributed by atoms with Crippen molar-refractivity contribution in [3.8, 4) is 11.6 Å². The van der Waals surface area contributed by atoms with Crippen LogP contribution in [-0.4, -0.2) is 55.3 Å². The molecule has 2 aromatic rings. The third kappa shape index (κ3) is 4.45. The molecule has 1 aliphatic heterocycles. The van der Waals surface area contributed by atoms with Crippen LogP contribution in [0.4, 0.5) is 5.95 Å². The number of hydrogen-bond acceptors (Lipinski definition) is 6. The van der Waals surface area contributed by atoms with Gasteiger partial charge in [0.1, 0.15) is 5.75 Å². The Kier molecular flexibility index (Phi) is 6.32. The summed E-state index contributed by atoms with van der Waals surface area (Å²) in [6.07, 6.45) is 4.04. The number of hydrogen-bond donors (Lipinski definition) is 0. The van der Waals surface area contributed by atoms with Crippen LogP contribution in [0.25, 0.3) is 0 Å². The highest BCUT2D eigenvalue weighted by Crippen LogP contribution is 2.27. The Morgan fingerprint density at radius 1 is 1.27 bits per heavy atom. The number of aromatic nitrogens is 2. The predicted molar refractivity (Wildman–Crippen MR) is 106 cm³/mol. The molecule has 1 aromatic carbocycles. The summed E-state index contributed by atoms with van der Waals surface area (Å²) in [6.45, 7) is 3.01. The predicted octanol–water partition coefficient (Wildman–Crippen LogP) is 3.36. The minimum absolute atomic E-state index is 0.387. The molecule has 1 aliphatic rings. The number of halogens is 1. The van der Waals surface area contributed by atoms with E-state index in [4.69, 9.17) is 9.47 Å². The number of likely N-dealkylation sites (N-methyl/N-ethyl adjacent to an activating group) is 1. The number of benzene rings is 1. The first-order valence-corrected chi connectivity index (χ1v) is 9.54. The van der Waals surface area contributed by atoms with Gasteiger partial charge in [0.25, 0.3) is 0 Å². The van der Waals surface area contributed by atoms with Crippen molar-refractivity contribution in [1.82, 2.24) is 14.9 Å². The van der Waals surface area contributed by atoms with Crippen LogP contribution < -0.4 is 14.4 Å². The van der Waals surface area contributed by atoms with Gasteiger partial charge in [0, 0.05) is 38.4 Å². The highest BCUT2D eigenvalue weighted by atomic mass is 79.9. The van der Waals surface area contributed by atoms with Gasteiger partial charge in [-0.15, -0.1) is 0 Å². The average Bonchev–Trinajstić information content (AvgIpc) is 2.68. The number of piperidine rings is 1. The monoisotopic (exact) mass is 420 g/mol. The Balaban J connectivity index is 1.66. The Labute approximate surface area is 163 Å². The topological polar surface area (TPSA) is 50.7 Å². The standard InChI is InChI=1S/C19H25BrN4O2/c1-23(19-21-9-8-18(22-19)26-3)15-5-4-10-24(13-15)12-14-6-7-17(25-2)16(20)11-14/h6-9,11,15H,4-5,10,12-13H2,1-3H3. The molecule has 1 fully saturated rings. The van der Waals surface area contributed by atoms with Crippen LogP contribution in [0.5, 0.6) is 11.6 Å². The van der Waals surface area contributed by atoms with E-state index in [0.29, 0.717) is 17.9 Å². The van der Waals surface area contributed by atoms with Gasteiger partial charge in [0.05, 0.1) is 18.7 Å². The van der Waals surface area contributed by atoms with Gasteiger partial charge >= 0.3 is 0 Å². The fraction of sp³-hybridized carbons (Fsp3) is 0.474. The van der Waals surface area contributed by atoms with Crippen molar-refractivity contribution in [1.29, 1.82) is 0 Å². The Morgan fingerprint density at radius 3 is 2.85 bits per heavy atom. The summed E-state index contributed by atoms with van der Waals surface area (Å²) in [4.78, 5) is 13.5. The number of rotatable bonds is 6. The number of likely N-dealkylation sites (tertiary alicyclic amines) is 1. The molecular weight excluding hydrogens is 396 g/mol. The quantitative estimate of drug-likeness (QED) is 0.713. The van der Waals surface area contributed by atoms with Crippen LogP contribution in [-0.2, 0) is 6.54 Å². The maximum absolute atomic E-state index is 5.32. The first-order valence-electron chi connectivity index (χ1n) is 8.75. The molecular formula is C19H25BrN4O2. The number of ether oxygens (including phenoxy) is 2. The van der Waals surface area contributed by atoms with E-state index in [1.165, 1.54) is 5.56 Å². The zero-order valence-electron chi connectivity index (χ0n) is 15.5. The lowest BCUT2D eigenvalue weighted by Crippen LogP contribution is -2.46. The molecule has 1 aromatic heterocycles. The van der Waals surface area contributed by atoms with Crippen LogP contribution in [0, 0.1) is 0 Å². The number of nitrogens with zero attached hydrogens (tertiary/aromatic N) is 4. The van der Waals surface area contributed by atoms with Crippen molar-refractivity contribution in [3.05, 3.63) is 40.5 Å². The molecule has 1 saturated heterocycles. The minimum atomic E-state index is 0.387. The first kappa shape index (κ1) is 18.9. The van der Waals surface area contributed by atoms with E-state index >= 15 is 0 Å². The van der Waals surface area contributed by atoms with Gasteiger partial charge in [0.2, 0.25) is 11.8 Å². The summed E-state index contributed by atoms with van der Waals surface area (Å²) in [5.41, 5.74) is 1.28. The number of methoxy groups -OCH3 is 2. The molecule has 0 amide bonds. The molecule has 0 aliphatic carbocycles. The summed E-state index contributed by atoms with van der Waals surface area (Å²) >= 11 is 3.57. The third-order valence-corrected chi connectivity index (χ3v) is 5.41. The summed E-state index contributed by atoms with van der Waals surface area (Å²) in [7, 11) is 5.37. The van der Waals surface area contributed by atoms with Gasteiger partial charge in [-0.3, -0.25) is 4.90 Å². The smallest absolute Gasteiger partial charge is 0.228 e. The molecule has 1 atom stereocenters. The van der Waals surface area contributed by atoms with Gasteiger partial charge in [-0.25, -0.2) is 4.98 Å². The molecule has 1 unspecified atom stereocenters. The third-order valence-electron chi connectivity index (χ3n) is 4.79. The molecule has 2 heterocycles. The molecule has 0 saturated carbocycles. The van der Waals surface area contributed by atoms with E-state index in [1.54, 1.807) is 26.5 Å². The molecule has 7 heteroatoms. The van der Waals surface area contributed by atoms with Gasteiger partial charge in [-0.05, 0) is 53.0 Å². The van der Waals surface area contributed by atoms with Gasteiger partial charge in [-0.1, -0.05) is 6.07 Å². The Hall–Kier alpha value is -1.86. The highest BCUT2D eigenvalue weighted by Gasteiger charge is 2.25. The van der Waals surface area contributed by atoms with Crippen LogP contribution in [0.1, 0.15) is 18.4 Å². The molecule has 0 spiro atoms. The maximum atomic E-state index is 5.32. The normalized spacial score (nSPS) is 17.8. The van der Waals surface area contributed by atoms with Crippen LogP contribution in [0.3, 0.4) is 0 Å². The fourth-order valence-corrected chi connectivity index (χ4v) is 3.92. The van der Waals surface area contributed by atoms with Crippen molar-refractivity contribution in [2.75, 3.05) is 39.3 Å². The van der Waals surface area contributed by atoms with Crippen LogP contribution in [0.15, 0.2) is 34.9 Å². The van der Waals surface area contributed by atoms with Gasteiger partial charge in [0.15, 0.2) is 0 Å². The zero-order valence-corrected chi connectivity index (χ0v) is 17.1. The van der Waals surface area contributed by atoms with Crippen LogP contribution >= 0.6 is 15.9 Å². The summed E-state index contributed by atoms with van der Waals surface area (Å²) in [5, 5.41) is 0. The van der Waals surface area contributed by atoms with Crippen molar-refractivity contribution in [2.24, 2.45) is 0 Å². The molecule has 3 rings (SSSR count). The molecule has 140 valence electrons. The first-order chi connectivity index (χ1) is 12.6. The number of anilines is 1. The van der Waals surface area contributed by atoms with Gasteiger partial charge < -0.3 is 14.4 Å². The van der Waals surface area contributed by atoms with E-state index in [9.17, 15) is 0 Å². The largest absolute Gasteiger partial charge is 0.496 e. The Morgan fingerprint density at radius 2 is 2.12 bits per heavy atom. The average molecular weight is 421 g/mol. The second-order valence-electron chi connectivity index (χ2n) is 6.51. The van der Waals surface area contributed by atoms with Crippen molar-refractivity contribution in [2.45, 2.75) is 25.4 Å². The van der Waals surface area contributed by atoms with Crippen molar-refractivity contribution in [3.63, 3.8) is 0 Å². The second kappa shape index (κ2) is 8.68. The van der Waals surface area contributed by atoms with Crippen molar-refractivity contribution < 1.29 is 9.47 Å². The zero-order chi connectivity index (χ0) is 18.5. The highest BCUT2D eigenvalue weighted by molar-refractivity contribution is 9.10.